The normalized spacial score (nSPS) is 22.0. The summed E-state index contributed by atoms with van der Waals surface area (Å²) < 4.78 is 1.05. The summed E-state index contributed by atoms with van der Waals surface area (Å²) in [6.45, 7) is 3.24. The van der Waals surface area contributed by atoms with E-state index in [-0.39, 0.29) is 18.7 Å². The van der Waals surface area contributed by atoms with Crippen LogP contribution in [-0.2, 0) is 0 Å². The van der Waals surface area contributed by atoms with Crippen LogP contribution in [0.1, 0.15) is 37.8 Å². The van der Waals surface area contributed by atoms with Crippen molar-refractivity contribution in [2.24, 2.45) is 5.73 Å². The summed E-state index contributed by atoms with van der Waals surface area (Å²) in [5.41, 5.74) is 8.21. The van der Waals surface area contributed by atoms with Crippen molar-refractivity contribution in [1.82, 2.24) is 0 Å². The molecule has 0 saturated carbocycles. The van der Waals surface area contributed by atoms with Crippen molar-refractivity contribution in [3.8, 4) is 0 Å². The van der Waals surface area contributed by atoms with Gasteiger partial charge in [0.05, 0.1) is 12.6 Å². The van der Waals surface area contributed by atoms with Crippen molar-refractivity contribution in [2.45, 2.75) is 38.3 Å². The van der Waals surface area contributed by atoms with Crippen LogP contribution in [0.15, 0.2) is 22.7 Å². The molecule has 0 amide bonds. The number of rotatable bonds is 3. The van der Waals surface area contributed by atoms with Crippen LogP contribution in [0, 0.1) is 0 Å². The minimum atomic E-state index is 0.0309. The molecule has 1 heterocycles. The fraction of sp³-hybridized carbons (Fsp3) is 0.571. The second-order valence-electron chi connectivity index (χ2n) is 5.02. The van der Waals surface area contributed by atoms with E-state index in [1.54, 1.807) is 0 Å². The average molecular weight is 313 g/mol. The van der Waals surface area contributed by atoms with Crippen LogP contribution in [-0.4, -0.2) is 24.3 Å². The molecular formula is C14H21BrN2O. The Kier molecular flexibility index (Phi) is 4.65. The molecule has 2 atom stereocenters. The van der Waals surface area contributed by atoms with Crippen molar-refractivity contribution >= 4 is 21.6 Å². The lowest BCUT2D eigenvalue weighted by molar-refractivity contribution is 0.240. The van der Waals surface area contributed by atoms with Gasteiger partial charge in [-0.25, -0.2) is 0 Å². The van der Waals surface area contributed by atoms with E-state index in [0.29, 0.717) is 0 Å². The zero-order valence-electron chi connectivity index (χ0n) is 10.8. The van der Waals surface area contributed by atoms with Crippen molar-refractivity contribution in [3.05, 3.63) is 28.2 Å². The Hall–Kier alpha value is -0.580. The molecule has 0 radical (unpaired) electrons. The van der Waals surface area contributed by atoms with Gasteiger partial charge in [0, 0.05) is 22.7 Å². The fourth-order valence-corrected chi connectivity index (χ4v) is 3.32. The van der Waals surface area contributed by atoms with Crippen LogP contribution in [0.5, 0.6) is 0 Å². The number of aliphatic hydroxyl groups is 1. The van der Waals surface area contributed by atoms with Crippen molar-refractivity contribution in [3.63, 3.8) is 0 Å². The van der Waals surface area contributed by atoms with Crippen LogP contribution < -0.4 is 10.6 Å². The molecule has 1 aromatic rings. The highest BCUT2D eigenvalue weighted by atomic mass is 79.9. The molecule has 2 rings (SSSR count). The molecule has 1 aromatic carbocycles. The Morgan fingerprint density at radius 2 is 2.28 bits per heavy atom. The molecule has 1 unspecified atom stereocenters. The lowest BCUT2D eigenvalue weighted by Gasteiger charge is -2.36. The number of aliphatic hydroxyl groups excluding tert-OH is 1. The van der Waals surface area contributed by atoms with Crippen molar-refractivity contribution < 1.29 is 5.11 Å². The van der Waals surface area contributed by atoms with Gasteiger partial charge in [-0.05, 0) is 43.9 Å². The predicted molar refractivity (Wildman–Crippen MR) is 78.8 cm³/mol. The summed E-state index contributed by atoms with van der Waals surface area (Å²) in [7, 11) is 0. The van der Waals surface area contributed by atoms with E-state index in [1.807, 2.05) is 6.92 Å². The standard InChI is InChI=1S/C14H21BrN2O/c1-10(16)13-6-5-11(8-14(13)15)17-7-3-2-4-12(17)9-18/h5-6,8,10,12,18H,2-4,7,9,16H2,1H3/t10-,12?/m1/s1. The number of piperidine rings is 1. The van der Waals surface area contributed by atoms with Gasteiger partial charge < -0.3 is 15.7 Å². The quantitative estimate of drug-likeness (QED) is 0.902. The molecule has 1 aliphatic rings. The summed E-state index contributed by atoms with van der Waals surface area (Å²) in [5.74, 6) is 0. The van der Waals surface area contributed by atoms with E-state index in [9.17, 15) is 5.11 Å². The molecule has 18 heavy (non-hydrogen) atoms. The zero-order valence-corrected chi connectivity index (χ0v) is 12.4. The third-order valence-corrected chi connectivity index (χ3v) is 4.33. The Bertz CT molecular complexity index is 409. The van der Waals surface area contributed by atoms with Gasteiger partial charge in [-0.3, -0.25) is 0 Å². The monoisotopic (exact) mass is 312 g/mol. The van der Waals surface area contributed by atoms with Crippen LogP contribution in [0.25, 0.3) is 0 Å². The molecular weight excluding hydrogens is 292 g/mol. The zero-order chi connectivity index (χ0) is 13.1. The van der Waals surface area contributed by atoms with Gasteiger partial charge in [-0.1, -0.05) is 22.0 Å². The maximum Gasteiger partial charge on any atom is 0.0635 e. The van der Waals surface area contributed by atoms with Gasteiger partial charge in [-0.15, -0.1) is 0 Å². The molecule has 0 aromatic heterocycles. The summed E-state index contributed by atoms with van der Waals surface area (Å²) in [4.78, 5) is 2.30. The highest BCUT2D eigenvalue weighted by Gasteiger charge is 2.22. The highest BCUT2D eigenvalue weighted by Crippen LogP contribution is 2.30. The van der Waals surface area contributed by atoms with Gasteiger partial charge >= 0.3 is 0 Å². The van der Waals surface area contributed by atoms with E-state index in [0.717, 1.165) is 23.0 Å². The SMILES string of the molecule is C[C@@H](N)c1ccc(N2CCCCC2CO)cc1Br. The van der Waals surface area contributed by atoms with E-state index < -0.39 is 0 Å². The van der Waals surface area contributed by atoms with Crippen LogP contribution in [0.2, 0.25) is 0 Å². The minimum absolute atomic E-state index is 0.0309. The Labute approximate surface area is 117 Å². The summed E-state index contributed by atoms with van der Waals surface area (Å²) >= 11 is 3.59. The highest BCUT2D eigenvalue weighted by molar-refractivity contribution is 9.10. The molecule has 1 aliphatic heterocycles. The Balaban J connectivity index is 2.24. The summed E-state index contributed by atoms with van der Waals surface area (Å²) in [6.07, 6.45) is 3.48. The van der Waals surface area contributed by atoms with Crippen LogP contribution >= 0.6 is 15.9 Å². The van der Waals surface area contributed by atoms with Crippen molar-refractivity contribution in [2.75, 3.05) is 18.1 Å². The first-order valence-corrected chi connectivity index (χ1v) is 7.35. The first-order valence-electron chi connectivity index (χ1n) is 6.56. The molecule has 3 N–H and O–H groups in total. The second-order valence-corrected chi connectivity index (χ2v) is 5.87. The van der Waals surface area contributed by atoms with E-state index in [1.165, 1.54) is 18.5 Å². The predicted octanol–water partition coefficient (Wildman–Crippen LogP) is 2.82. The number of hydrogen-bond acceptors (Lipinski definition) is 3. The number of anilines is 1. The number of nitrogens with zero attached hydrogens (tertiary/aromatic N) is 1. The molecule has 0 spiro atoms. The lowest BCUT2D eigenvalue weighted by Crippen LogP contribution is -2.41. The number of halogens is 1. The smallest absolute Gasteiger partial charge is 0.0635 e. The van der Waals surface area contributed by atoms with Gasteiger partial charge in [0.25, 0.3) is 0 Å². The average Bonchev–Trinajstić information content (AvgIpc) is 2.38. The molecule has 100 valence electrons. The molecule has 0 bridgehead atoms. The first-order chi connectivity index (χ1) is 8.63. The van der Waals surface area contributed by atoms with Crippen LogP contribution in [0.4, 0.5) is 5.69 Å². The number of hydrogen-bond donors (Lipinski definition) is 2. The molecule has 3 nitrogen and oxygen atoms in total. The molecule has 1 saturated heterocycles. The van der Waals surface area contributed by atoms with E-state index in [4.69, 9.17) is 5.73 Å². The number of benzene rings is 1. The Morgan fingerprint density at radius 3 is 2.89 bits per heavy atom. The first kappa shape index (κ1) is 13.8. The van der Waals surface area contributed by atoms with Gasteiger partial charge in [0.15, 0.2) is 0 Å². The third kappa shape index (κ3) is 2.87. The van der Waals surface area contributed by atoms with E-state index in [2.05, 4.69) is 39.0 Å². The maximum atomic E-state index is 9.46. The Morgan fingerprint density at radius 1 is 1.50 bits per heavy atom. The molecule has 1 fully saturated rings. The largest absolute Gasteiger partial charge is 0.394 e. The molecule has 4 heteroatoms. The molecule has 0 aliphatic carbocycles. The number of nitrogens with two attached hydrogens (primary N) is 1. The maximum absolute atomic E-state index is 9.46. The summed E-state index contributed by atoms with van der Waals surface area (Å²) in [6, 6.07) is 6.59. The lowest BCUT2D eigenvalue weighted by atomic mass is 10.0. The third-order valence-electron chi connectivity index (χ3n) is 3.64. The van der Waals surface area contributed by atoms with E-state index >= 15 is 0 Å². The minimum Gasteiger partial charge on any atom is -0.394 e. The van der Waals surface area contributed by atoms with Gasteiger partial charge in [0.2, 0.25) is 0 Å². The topological polar surface area (TPSA) is 49.5 Å². The second kappa shape index (κ2) is 6.04. The van der Waals surface area contributed by atoms with Crippen LogP contribution in [0.3, 0.4) is 0 Å². The van der Waals surface area contributed by atoms with Crippen molar-refractivity contribution in [1.29, 1.82) is 0 Å². The summed E-state index contributed by atoms with van der Waals surface area (Å²) in [5, 5.41) is 9.46. The fourth-order valence-electron chi connectivity index (χ4n) is 2.59. The van der Waals surface area contributed by atoms with Gasteiger partial charge in [-0.2, -0.15) is 0 Å². The van der Waals surface area contributed by atoms with Gasteiger partial charge in [0.1, 0.15) is 0 Å².